The van der Waals surface area contributed by atoms with Crippen LogP contribution in [0.15, 0.2) is 12.1 Å². The van der Waals surface area contributed by atoms with Gasteiger partial charge in [0.05, 0.1) is 16.6 Å². The highest BCUT2D eigenvalue weighted by Gasteiger charge is 2.22. The van der Waals surface area contributed by atoms with Crippen LogP contribution in [0.1, 0.15) is 5.56 Å². The number of hydrogen-bond donors (Lipinski definition) is 0. The third-order valence-electron chi connectivity index (χ3n) is 1.58. The smallest absolute Gasteiger partial charge is 0.387 e. The van der Waals surface area contributed by atoms with Crippen molar-refractivity contribution in [3.8, 4) is 11.8 Å². The van der Waals surface area contributed by atoms with Crippen LogP contribution in [0, 0.1) is 27.3 Å². The van der Waals surface area contributed by atoms with E-state index in [4.69, 9.17) is 5.26 Å². The van der Waals surface area contributed by atoms with E-state index in [1.54, 1.807) is 0 Å². The van der Waals surface area contributed by atoms with Crippen molar-refractivity contribution in [2.45, 2.75) is 6.61 Å². The lowest BCUT2D eigenvalue weighted by atomic mass is 10.2. The number of nitro groups is 1. The van der Waals surface area contributed by atoms with E-state index in [0.717, 1.165) is 0 Å². The van der Waals surface area contributed by atoms with Crippen molar-refractivity contribution in [3.63, 3.8) is 0 Å². The molecule has 0 aromatic heterocycles. The Bertz CT molecular complexity index is 470. The van der Waals surface area contributed by atoms with Gasteiger partial charge in [-0.3, -0.25) is 10.1 Å². The quantitative estimate of drug-likeness (QED) is 0.591. The summed E-state index contributed by atoms with van der Waals surface area (Å²) in [5, 5.41) is 18.8. The van der Waals surface area contributed by atoms with Crippen molar-refractivity contribution in [2.75, 3.05) is 0 Å². The van der Waals surface area contributed by atoms with Crippen molar-refractivity contribution in [1.29, 1.82) is 5.26 Å². The number of ether oxygens (including phenoxy) is 1. The number of halogens is 3. The van der Waals surface area contributed by atoms with Crippen LogP contribution >= 0.6 is 0 Å². The molecule has 0 aliphatic rings. The molecule has 1 rings (SSSR count). The number of rotatable bonds is 3. The van der Waals surface area contributed by atoms with Crippen LogP contribution in [0.5, 0.6) is 5.75 Å². The molecular weight excluding hydrogens is 229 g/mol. The summed E-state index contributed by atoms with van der Waals surface area (Å²) >= 11 is 0. The zero-order valence-electron chi connectivity index (χ0n) is 7.49. The Morgan fingerprint density at radius 1 is 1.50 bits per heavy atom. The third-order valence-corrected chi connectivity index (χ3v) is 1.58. The Hall–Kier alpha value is -2.30. The fraction of sp³-hybridized carbons (Fsp3) is 0.125. The SMILES string of the molecule is N#Cc1cc(OC(F)F)c([N+](=O)[O-])cc1F. The fourth-order valence-corrected chi connectivity index (χ4v) is 0.962. The maximum Gasteiger partial charge on any atom is 0.387 e. The van der Waals surface area contributed by atoms with Crippen LogP contribution in [0.4, 0.5) is 18.9 Å². The lowest BCUT2D eigenvalue weighted by molar-refractivity contribution is -0.386. The monoisotopic (exact) mass is 232 g/mol. The van der Waals surface area contributed by atoms with Gasteiger partial charge in [-0.1, -0.05) is 0 Å². The molecule has 16 heavy (non-hydrogen) atoms. The highest BCUT2D eigenvalue weighted by Crippen LogP contribution is 2.30. The molecule has 0 aliphatic carbocycles. The maximum atomic E-state index is 13.0. The predicted molar refractivity (Wildman–Crippen MR) is 44.4 cm³/mol. The van der Waals surface area contributed by atoms with Crippen LogP contribution in [0.2, 0.25) is 0 Å². The van der Waals surface area contributed by atoms with Crippen LogP contribution in [0.3, 0.4) is 0 Å². The summed E-state index contributed by atoms with van der Waals surface area (Å²) in [5.74, 6) is -2.02. The molecule has 0 saturated heterocycles. The average molecular weight is 232 g/mol. The van der Waals surface area contributed by atoms with Gasteiger partial charge in [-0.15, -0.1) is 0 Å². The second-order valence-electron chi connectivity index (χ2n) is 2.55. The van der Waals surface area contributed by atoms with Gasteiger partial charge in [-0.2, -0.15) is 14.0 Å². The number of alkyl halides is 2. The van der Waals surface area contributed by atoms with E-state index < -0.39 is 34.4 Å². The van der Waals surface area contributed by atoms with Crippen LogP contribution in [-0.2, 0) is 0 Å². The molecule has 1 aromatic rings. The summed E-state index contributed by atoms with van der Waals surface area (Å²) in [5.41, 5.74) is -1.57. The molecule has 0 bridgehead atoms. The first-order chi connectivity index (χ1) is 7.45. The number of nitriles is 1. The molecule has 0 radical (unpaired) electrons. The normalized spacial score (nSPS) is 9.94. The second kappa shape index (κ2) is 4.48. The highest BCUT2D eigenvalue weighted by molar-refractivity contribution is 5.52. The second-order valence-corrected chi connectivity index (χ2v) is 2.55. The molecule has 1 aromatic carbocycles. The molecule has 0 spiro atoms. The van der Waals surface area contributed by atoms with Crippen molar-refractivity contribution < 1.29 is 22.8 Å². The molecule has 0 heterocycles. The predicted octanol–water partition coefficient (Wildman–Crippen LogP) is 2.21. The van der Waals surface area contributed by atoms with E-state index in [9.17, 15) is 23.3 Å². The number of hydrogen-bond acceptors (Lipinski definition) is 4. The largest absolute Gasteiger partial charge is 0.427 e. The summed E-state index contributed by atoms with van der Waals surface area (Å²) in [6.45, 7) is -3.30. The highest BCUT2D eigenvalue weighted by atomic mass is 19.3. The van der Waals surface area contributed by atoms with Crippen LogP contribution < -0.4 is 4.74 Å². The third kappa shape index (κ3) is 2.38. The van der Waals surface area contributed by atoms with Gasteiger partial charge in [0.25, 0.3) is 0 Å². The molecule has 0 N–H and O–H groups in total. The minimum Gasteiger partial charge on any atom is -0.427 e. The number of benzene rings is 1. The molecule has 0 saturated carbocycles. The van der Waals surface area contributed by atoms with Crippen molar-refractivity contribution in [2.24, 2.45) is 0 Å². The number of nitrogens with zero attached hydrogens (tertiary/aromatic N) is 2. The van der Waals surface area contributed by atoms with Gasteiger partial charge in [0.15, 0.2) is 0 Å². The van der Waals surface area contributed by atoms with Gasteiger partial charge in [0.1, 0.15) is 11.9 Å². The molecule has 0 atom stereocenters. The molecule has 0 amide bonds. The Balaban J connectivity index is 3.32. The molecule has 0 fully saturated rings. The van der Waals surface area contributed by atoms with Crippen LogP contribution in [-0.4, -0.2) is 11.5 Å². The topological polar surface area (TPSA) is 76.2 Å². The van der Waals surface area contributed by atoms with Gasteiger partial charge in [-0.05, 0) is 0 Å². The Kier molecular flexibility index (Phi) is 3.30. The summed E-state index contributed by atoms with van der Waals surface area (Å²) < 4.78 is 40.5. The molecule has 5 nitrogen and oxygen atoms in total. The van der Waals surface area contributed by atoms with Crippen LogP contribution in [0.25, 0.3) is 0 Å². The van der Waals surface area contributed by atoms with E-state index in [-0.39, 0.29) is 0 Å². The van der Waals surface area contributed by atoms with E-state index in [0.29, 0.717) is 12.1 Å². The Labute approximate surface area is 86.8 Å². The molecule has 0 unspecified atom stereocenters. The maximum absolute atomic E-state index is 13.0. The first-order valence-corrected chi connectivity index (χ1v) is 3.78. The lowest BCUT2D eigenvalue weighted by Crippen LogP contribution is -2.05. The standard InChI is InChI=1S/C8H3F3N2O3/c9-5-2-6(13(14)15)7(16-8(10)11)1-4(5)3-12/h1-2,8H. The summed E-state index contributed by atoms with van der Waals surface area (Å²) in [7, 11) is 0. The van der Waals surface area contributed by atoms with Gasteiger partial charge in [0.2, 0.25) is 5.75 Å². The first kappa shape index (κ1) is 11.8. The average Bonchev–Trinajstić information content (AvgIpc) is 2.19. The van der Waals surface area contributed by atoms with Crippen molar-refractivity contribution in [1.82, 2.24) is 0 Å². The zero-order chi connectivity index (χ0) is 12.3. The van der Waals surface area contributed by atoms with E-state index in [1.807, 2.05) is 0 Å². The first-order valence-electron chi connectivity index (χ1n) is 3.78. The molecular formula is C8H3F3N2O3. The summed E-state index contributed by atoms with van der Waals surface area (Å²) in [6.07, 6.45) is 0. The zero-order valence-corrected chi connectivity index (χ0v) is 7.49. The Morgan fingerprint density at radius 3 is 2.56 bits per heavy atom. The van der Waals surface area contributed by atoms with Gasteiger partial charge >= 0.3 is 12.3 Å². The summed E-state index contributed by atoms with van der Waals surface area (Å²) in [6, 6.07) is 2.27. The number of nitro benzene ring substituents is 1. The minimum absolute atomic E-state index is 0.357. The van der Waals surface area contributed by atoms with Crippen molar-refractivity contribution >= 4 is 5.69 Å². The summed E-state index contributed by atoms with van der Waals surface area (Å²) in [4.78, 5) is 9.30. The van der Waals surface area contributed by atoms with Gasteiger partial charge < -0.3 is 4.74 Å². The van der Waals surface area contributed by atoms with Gasteiger partial charge in [0, 0.05) is 6.07 Å². The Morgan fingerprint density at radius 2 is 2.12 bits per heavy atom. The lowest BCUT2D eigenvalue weighted by Gasteiger charge is -2.05. The fourth-order valence-electron chi connectivity index (χ4n) is 0.962. The molecule has 0 aliphatic heterocycles. The van der Waals surface area contributed by atoms with E-state index in [1.165, 1.54) is 6.07 Å². The van der Waals surface area contributed by atoms with Gasteiger partial charge in [-0.25, -0.2) is 4.39 Å². The molecule has 8 heteroatoms. The molecule has 84 valence electrons. The van der Waals surface area contributed by atoms with E-state index in [2.05, 4.69) is 4.74 Å². The minimum atomic E-state index is -3.30. The van der Waals surface area contributed by atoms with E-state index >= 15 is 0 Å². The van der Waals surface area contributed by atoms with Crippen molar-refractivity contribution in [3.05, 3.63) is 33.6 Å².